The molecule has 0 aliphatic carbocycles. The Morgan fingerprint density at radius 2 is 1.57 bits per heavy atom. The Morgan fingerprint density at radius 3 is 2.10 bits per heavy atom. The van der Waals surface area contributed by atoms with Crippen molar-refractivity contribution in [3.8, 4) is 22.6 Å². The number of benzene rings is 1. The monoisotopic (exact) mass is 324 g/mol. The van der Waals surface area contributed by atoms with Crippen LogP contribution in [0.15, 0.2) is 22.9 Å². The molecule has 3 rings (SSSR count). The number of nitrogens with zero attached hydrogens (tertiary/aromatic N) is 1. The molecule has 0 unspecified atom stereocenters. The lowest BCUT2D eigenvalue weighted by Crippen LogP contribution is -2.52. The lowest BCUT2D eigenvalue weighted by Gasteiger charge is -2.32. The van der Waals surface area contributed by atoms with Crippen LogP contribution in [0.1, 0.15) is 0 Å². The van der Waals surface area contributed by atoms with E-state index in [0.29, 0.717) is 0 Å². The van der Waals surface area contributed by atoms with Crippen molar-refractivity contribution < 1.29 is 31.6 Å². The standard InChI is InChI=1S/C11H5ClF4N2O3/c12-6-2-8-7(19-10(13,14)11(15,16)20-8)1-4(6)5-3-18-21-9(5)17/h1-3H,17H2. The van der Waals surface area contributed by atoms with Crippen molar-refractivity contribution in [3.05, 3.63) is 23.4 Å². The number of nitrogen functional groups attached to an aromatic ring is 1. The maximum atomic E-state index is 13.1. The second-order valence-corrected chi connectivity index (χ2v) is 4.53. The molecule has 1 aromatic carbocycles. The van der Waals surface area contributed by atoms with E-state index < -0.39 is 23.7 Å². The van der Waals surface area contributed by atoms with Gasteiger partial charge in [-0.3, -0.25) is 0 Å². The fraction of sp³-hybridized carbons (Fsp3) is 0.182. The summed E-state index contributed by atoms with van der Waals surface area (Å²) >= 11 is 5.90. The molecule has 2 N–H and O–H groups in total. The van der Waals surface area contributed by atoms with Crippen LogP contribution in [0.5, 0.6) is 11.5 Å². The van der Waals surface area contributed by atoms with Gasteiger partial charge in [0.1, 0.15) is 0 Å². The smallest absolute Gasteiger partial charge is 0.421 e. The molecular weight excluding hydrogens is 320 g/mol. The maximum absolute atomic E-state index is 13.1. The van der Waals surface area contributed by atoms with Crippen LogP contribution >= 0.6 is 11.6 Å². The summed E-state index contributed by atoms with van der Waals surface area (Å²) in [4.78, 5) is 0. The van der Waals surface area contributed by atoms with E-state index in [0.717, 1.165) is 12.1 Å². The lowest BCUT2D eigenvalue weighted by molar-refractivity contribution is -0.391. The zero-order chi connectivity index (χ0) is 15.4. The number of hydrogen-bond donors (Lipinski definition) is 1. The summed E-state index contributed by atoms with van der Waals surface area (Å²) in [5, 5.41) is 3.33. The van der Waals surface area contributed by atoms with Gasteiger partial charge in [-0.05, 0) is 6.07 Å². The van der Waals surface area contributed by atoms with Crippen LogP contribution < -0.4 is 15.2 Å². The van der Waals surface area contributed by atoms with E-state index in [2.05, 4.69) is 19.2 Å². The van der Waals surface area contributed by atoms with Gasteiger partial charge in [-0.15, -0.1) is 0 Å². The molecule has 0 amide bonds. The van der Waals surface area contributed by atoms with Crippen molar-refractivity contribution in [1.29, 1.82) is 0 Å². The number of ether oxygens (including phenoxy) is 2. The summed E-state index contributed by atoms with van der Waals surface area (Å²) < 4.78 is 64.9. The largest absolute Gasteiger partial charge is 0.507 e. The molecule has 0 saturated carbocycles. The fourth-order valence-corrected chi connectivity index (χ4v) is 2.00. The van der Waals surface area contributed by atoms with Gasteiger partial charge in [0.2, 0.25) is 5.88 Å². The first kappa shape index (κ1) is 13.8. The molecule has 2 aromatic rings. The average Bonchev–Trinajstić information content (AvgIpc) is 2.76. The maximum Gasteiger partial charge on any atom is 0.507 e. The number of alkyl halides is 4. The zero-order valence-corrected chi connectivity index (χ0v) is 10.6. The lowest BCUT2D eigenvalue weighted by atomic mass is 10.1. The van der Waals surface area contributed by atoms with Crippen LogP contribution in [-0.2, 0) is 0 Å². The minimum atomic E-state index is -4.81. The van der Waals surface area contributed by atoms with Crippen LogP contribution in [-0.4, -0.2) is 17.4 Å². The molecule has 0 fully saturated rings. The van der Waals surface area contributed by atoms with Crippen molar-refractivity contribution in [1.82, 2.24) is 5.16 Å². The first-order chi connectivity index (χ1) is 9.71. The molecular formula is C11H5ClF4N2O3. The van der Waals surface area contributed by atoms with E-state index in [9.17, 15) is 17.6 Å². The molecule has 2 heterocycles. The highest BCUT2D eigenvalue weighted by Crippen LogP contribution is 2.50. The van der Waals surface area contributed by atoms with Crippen molar-refractivity contribution in [2.24, 2.45) is 0 Å². The number of anilines is 1. The fourth-order valence-electron chi connectivity index (χ4n) is 1.75. The summed E-state index contributed by atoms with van der Waals surface area (Å²) in [6, 6.07) is 1.91. The number of halogens is 5. The predicted molar refractivity (Wildman–Crippen MR) is 62.5 cm³/mol. The number of nitrogens with two attached hydrogens (primary N) is 1. The second kappa shape index (κ2) is 4.17. The highest BCUT2D eigenvalue weighted by molar-refractivity contribution is 6.33. The third-order valence-corrected chi connectivity index (χ3v) is 3.05. The van der Waals surface area contributed by atoms with Crippen molar-refractivity contribution >= 4 is 17.5 Å². The van der Waals surface area contributed by atoms with Crippen LogP contribution in [0.3, 0.4) is 0 Å². The van der Waals surface area contributed by atoms with Gasteiger partial charge in [-0.1, -0.05) is 16.8 Å². The zero-order valence-electron chi connectivity index (χ0n) is 9.87. The van der Waals surface area contributed by atoms with Gasteiger partial charge in [0.15, 0.2) is 11.5 Å². The summed E-state index contributed by atoms with van der Waals surface area (Å²) in [6.45, 7) is 0. The topological polar surface area (TPSA) is 70.5 Å². The highest BCUT2D eigenvalue weighted by Gasteiger charge is 2.66. The second-order valence-electron chi connectivity index (χ2n) is 4.12. The molecule has 1 aliphatic heterocycles. The summed E-state index contributed by atoms with van der Waals surface area (Å²) in [5.74, 6) is -1.34. The van der Waals surface area contributed by atoms with Gasteiger partial charge in [-0.2, -0.15) is 17.6 Å². The Bertz CT molecular complexity index is 719. The molecule has 1 aromatic heterocycles. The minimum Gasteiger partial charge on any atom is -0.421 e. The average molecular weight is 325 g/mol. The summed E-state index contributed by atoms with van der Waals surface area (Å²) in [5.41, 5.74) is 5.81. The highest BCUT2D eigenvalue weighted by atomic mass is 35.5. The number of fused-ring (bicyclic) bond motifs is 1. The van der Waals surface area contributed by atoms with Gasteiger partial charge in [-0.25, -0.2) is 0 Å². The number of hydrogen-bond acceptors (Lipinski definition) is 5. The minimum absolute atomic E-state index is 0.0757. The van der Waals surface area contributed by atoms with Gasteiger partial charge < -0.3 is 19.7 Å². The van der Waals surface area contributed by atoms with E-state index in [-0.39, 0.29) is 22.0 Å². The molecule has 112 valence electrons. The van der Waals surface area contributed by atoms with Crippen LogP contribution in [0.25, 0.3) is 11.1 Å². The molecule has 10 heteroatoms. The Labute approximate surface area is 119 Å². The number of rotatable bonds is 1. The van der Waals surface area contributed by atoms with Crippen molar-refractivity contribution in [3.63, 3.8) is 0 Å². The third-order valence-electron chi connectivity index (χ3n) is 2.74. The van der Waals surface area contributed by atoms with Gasteiger partial charge in [0.25, 0.3) is 0 Å². The Kier molecular flexibility index (Phi) is 2.74. The van der Waals surface area contributed by atoms with Gasteiger partial charge in [0, 0.05) is 11.6 Å². The van der Waals surface area contributed by atoms with Gasteiger partial charge in [0.05, 0.1) is 16.8 Å². The van der Waals surface area contributed by atoms with E-state index in [1.807, 2.05) is 0 Å². The van der Waals surface area contributed by atoms with Crippen LogP contribution in [0, 0.1) is 0 Å². The summed E-state index contributed by atoms with van der Waals surface area (Å²) in [6.07, 6.45) is -8.42. The van der Waals surface area contributed by atoms with Gasteiger partial charge >= 0.3 is 12.2 Å². The van der Waals surface area contributed by atoms with E-state index >= 15 is 0 Å². The van der Waals surface area contributed by atoms with Crippen molar-refractivity contribution in [2.75, 3.05) is 5.73 Å². The molecule has 1 aliphatic rings. The molecule has 0 saturated heterocycles. The van der Waals surface area contributed by atoms with E-state index in [4.69, 9.17) is 17.3 Å². The SMILES string of the molecule is Nc1oncc1-c1cc2c(cc1Cl)OC(F)(F)C(F)(F)O2. The first-order valence-corrected chi connectivity index (χ1v) is 5.77. The molecule has 0 radical (unpaired) electrons. The van der Waals surface area contributed by atoms with E-state index in [1.54, 1.807) is 0 Å². The summed E-state index contributed by atoms with van der Waals surface area (Å²) in [7, 11) is 0. The molecule has 21 heavy (non-hydrogen) atoms. The van der Waals surface area contributed by atoms with Crippen LogP contribution in [0.4, 0.5) is 23.4 Å². The molecule has 0 spiro atoms. The normalized spacial score (nSPS) is 18.5. The molecule has 0 atom stereocenters. The number of aromatic nitrogens is 1. The van der Waals surface area contributed by atoms with E-state index in [1.165, 1.54) is 6.20 Å². The Morgan fingerprint density at radius 1 is 1.00 bits per heavy atom. The van der Waals surface area contributed by atoms with Crippen molar-refractivity contribution in [2.45, 2.75) is 12.2 Å². The first-order valence-electron chi connectivity index (χ1n) is 5.39. The molecule has 0 bridgehead atoms. The Hall–Kier alpha value is -2.16. The quantitative estimate of drug-likeness (QED) is 0.812. The predicted octanol–water partition coefficient (Wildman–Crippen LogP) is 3.53. The van der Waals surface area contributed by atoms with Crippen LogP contribution in [0.2, 0.25) is 5.02 Å². The molecule has 5 nitrogen and oxygen atoms in total. The Balaban J connectivity index is 2.13. The third kappa shape index (κ3) is 2.04.